The Kier molecular flexibility index (Phi) is 13.6. The molecule has 0 aromatic heterocycles. The third-order valence-corrected chi connectivity index (χ3v) is 7.93. The van der Waals surface area contributed by atoms with Crippen molar-refractivity contribution in [3.63, 3.8) is 0 Å². The molecule has 0 saturated carbocycles. The standard InChI is InChI=1S/C33H40O18/c1-44-18-10-15(4-7-17(18)35)5-8-23(36)50-31-29(42)27(40)22(14-47-32-30(43)28(41)26(39)21(13-34)48-32)49-33(31)51-24(37)9-6-16-11-19(45-2)25(38)20(12-16)46-3/h4-12,21-22,26-35,38-43H,13-14H2,1-3H3. The van der Waals surface area contributed by atoms with E-state index in [-0.39, 0.29) is 28.7 Å². The van der Waals surface area contributed by atoms with E-state index in [4.69, 9.17) is 37.9 Å². The molecule has 18 heteroatoms. The predicted molar refractivity (Wildman–Crippen MR) is 170 cm³/mol. The van der Waals surface area contributed by atoms with Crippen molar-refractivity contribution in [3.8, 4) is 28.7 Å². The molecule has 8 N–H and O–H groups in total. The van der Waals surface area contributed by atoms with Crippen molar-refractivity contribution in [1.82, 2.24) is 0 Å². The molecule has 2 aromatic rings. The van der Waals surface area contributed by atoms with Crippen LogP contribution in [0, 0.1) is 0 Å². The van der Waals surface area contributed by atoms with Crippen LogP contribution in [0.2, 0.25) is 0 Å². The smallest absolute Gasteiger partial charge is 0.333 e. The first-order valence-corrected chi connectivity index (χ1v) is 15.3. The summed E-state index contributed by atoms with van der Waals surface area (Å²) >= 11 is 0. The highest BCUT2D eigenvalue weighted by Gasteiger charge is 2.50. The summed E-state index contributed by atoms with van der Waals surface area (Å²) in [4.78, 5) is 25.8. The number of carbonyl (C=O) groups excluding carboxylic acids is 2. The minimum Gasteiger partial charge on any atom is -0.504 e. The number of hydrogen-bond donors (Lipinski definition) is 8. The maximum Gasteiger partial charge on any atom is 0.333 e. The summed E-state index contributed by atoms with van der Waals surface area (Å²) < 4.78 is 42.4. The fraction of sp³-hybridized carbons (Fsp3) is 0.455. The van der Waals surface area contributed by atoms with Crippen LogP contribution in [0.15, 0.2) is 42.5 Å². The Bertz CT molecular complexity index is 1530. The minimum atomic E-state index is -1.94. The molecule has 0 aliphatic carbocycles. The van der Waals surface area contributed by atoms with Crippen molar-refractivity contribution < 1.29 is 88.3 Å². The predicted octanol–water partition coefficient (Wildman–Crippen LogP) is -1.43. The molecule has 10 unspecified atom stereocenters. The van der Waals surface area contributed by atoms with Gasteiger partial charge in [0, 0.05) is 12.2 Å². The van der Waals surface area contributed by atoms with Crippen LogP contribution in [0.3, 0.4) is 0 Å². The minimum absolute atomic E-state index is 0.0445. The molecule has 0 bridgehead atoms. The molecule has 2 fully saturated rings. The van der Waals surface area contributed by atoms with Crippen molar-refractivity contribution in [2.24, 2.45) is 0 Å². The van der Waals surface area contributed by atoms with Crippen LogP contribution in [0.25, 0.3) is 12.2 Å². The van der Waals surface area contributed by atoms with Crippen LogP contribution in [-0.4, -0.2) is 149 Å². The molecule has 280 valence electrons. The van der Waals surface area contributed by atoms with Crippen LogP contribution in [0.4, 0.5) is 0 Å². The van der Waals surface area contributed by atoms with Crippen LogP contribution in [0.5, 0.6) is 28.7 Å². The third-order valence-electron chi connectivity index (χ3n) is 7.93. The van der Waals surface area contributed by atoms with Crippen molar-refractivity contribution in [2.75, 3.05) is 34.5 Å². The fourth-order valence-electron chi connectivity index (χ4n) is 5.12. The van der Waals surface area contributed by atoms with E-state index in [1.165, 1.54) is 63.8 Å². The molecule has 0 spiro atoms. The van der Waals surface area contributed by atoms with Crippen LogP contribution in [-0.2, 0) is 33.3 Å². The molecule has 4 rings (SSSR count). The lowest BCUT2D eigenvalue weighted by atomic mass is 9.98. The Morgan fingerprint density at radius 2 is 1.24 bits per heavy atom. The lowest BCUT2D eigenvalue weighted by Crippen LogP contribution is -2.62. The number of carbonyl (C=O) groups is 2. The molecule has 0 radical (unpaired) electrons. The maximum atomic E-state index is 13.0. The molecule has 2 aliphatic rings. The second-order valence-electron chi connectivity index (χ2n) is 11.3. The van der Waals surface area contributed by atoms with Gasteiger partial charge in [0.15, 0.2) is 35.4 Å². The van der Waals surface area contributed by atoms with E-state index in [9.17, 15) is 50.4 Å². The van der Waals surface area contributed by atoms with Gasteiger partial charge in [-0.05, 0) is 47.5 Å². The molecule has 2 aromatic carbocycles. The summed E-state index contributed by atoms with van der Waals surface area (Å²) in [5.41, 5.74) is 0.756. The largest absolute Gasteiger partial charge is 0.504 e. The van der Waals surface area contributed by atoms with Gasteiger partial charge >= 0.3 is 11.9 Å². The van der Waals surface area contributed by atoms with E-state index in [0.29, 0.717) is 11.1 Å². The number of hydrogen-bond acceptors (Lipinski definition) is 18. The highest BCUT2D eigenvalue weighted by atomic mass is 16.7. The summed E-state index contributed by atoms with van der Waals surface area (Å²) in [5.74, 6) is -2.32. The van der Waals surface area contributed by atoms with E-state index in [1.807, 2.05) is 0 Å². The van der Waals surface area contributed by atoms with E-state index in [2.05, 4.69) is 0 Å². The van der Waals surface area contributed by atoms with E-state index >= 15 is 0 Å². The molecule has 10 atom stereocenters. The maximum absolute atomic E-state index is 13.0. The Morgan fingerprint density at radius 1 is 0.686 bits per heavy atom. The van der Waals surface area contributed by atoms with Gasteiger partial charge in [-0.1, -0.05) is 6.07 Å². The van der Waals surface area contributed by atoms with Crippen molar-refractivity contribution in [3.05, 3.63) is 53.6 Å². The highest BCUT2D eigenvalue weighted by Crippen LogP contribution is 2.37. The summed E-state index contributed by atoms with van der Waals surface area (Å²) in [5, 5.41) is 81.7. The second kappa shape index (κ2) is 17.6. The number of aromatic hydroxyl groups is 2. The second-order valence-corrected chi connectivity index (χ2v) is 11.3. The Morgan fingerprint density at radius 3 is 1.84 bits per heavy atom. The third kappa shape index (κ3) is 9.44. The summed E-state index contributed by atoms with van der Waals surface area (Å²) in [6.45, 7) is -1.40. The normalized spacial score (nSPS) is 29.5. The quantitative estimate of drug-likeness (QED) is 0.0869. The van der Waals surface area contributed by atoms with Gasteiger partial charge in [0.2, 0.25) is 12.0 Å². The number of methoxy groups -OCH3 is 3. The van der Waals surface area contributed by atoms with Crippen LogP contribution < -0.4 is 14.2 Å². The first-order valence-electron chi connectivity index (χ1n) is 15.3. The van der Waals surface area contributed by atoms with Gasteiger partial charge in [-0.2, -0.15) is 0 Å². The van der Waals surface area contributed by atoms with E-state index < -0.39 is 86.6 Å². The van der Waals surface area contributed by atoms with Gasteiger partial charge in [0.1, 0.15) is 42.7 Å². The molecule has 0 amide bonds. The number of aliphatic hydroxyl groups excluding tert-OH is 6. The number of phenolic OH excluding ortho intramolecular Hbond substituents is 2. The molecular formula is C33H40O18. The lowest BCUT2D eigenvalue weighted by Gasteiger charge is -2.43. The zero-order valence-corrected chi connectivity index (χ0v) is 27.5. The molecule has 18 nitrogen and oxygen atoms in total. The zero-order chi connectivity index (χ0) is 37.4. The Balaban J connectivity index is 1.53. The monoisotopic (exact) mass is 724 g/mol. The number of esters is 2. The first-order chi connectivity index (χ1) is 24.3. The first kappa shape index (κ1) is 39.3. The summed E-state index contributed by atoms with van der Waals surface area (Å²) in [6.07, 6.45) is -12.6. The summed E-state index contributed by atoms with van der Waals surface area (Å²) in [6, 6.07) is 7.02. The van der Waals surface area contributed by atoms with Gasteiger partial charge < -0.3 is 78.7 Å². The Labute approximate surface area is 290 Å². The Hall–Kier alpha value is -4.50. The number of ether oxygens (including phenoxy) is 8. The van der Waals surface area contributed by atoms with Gasteiger partial charge in [-0.15, -0.1) is 0 Å². The molecular weight excluding hydrogens is 684 g/mol. The van der Waals surface area contributed by atoms with Crippen LogP contribution in [0.1, 0.15) is 11.1 Å². The topological polar surface area (TPSA) is 270 Å². The van der Waals surface area contributed by atoms with Crippen LogP contribution >= 0.6 is 0 Å². The molecule has 2 heterocycles. The van der Waals surface area contributed by atoms with Crippen molar-refractivity contribution in [1.29, 1.82) is 0 Å². The summed E-state index contributed by atoms with van der Waals surface area (Å²) in [7, 11) is 3.96. The van der Waals surface area contributed by atoms with E-state index in [0.717, 1.165) is 12.2 Å². The van der Waals surface area contributed by atoms with Gasteiger partial charge in [0.05, 0.1) is 34.5 Å². The SMILES string of the molecule is COc1cc(C=CC(=O)OC2C(OC(=O)C=Cc3cc(OC)c(O)c(OC)c3)OC(COC3OC(CO)C(O)C(O)C3O)C(O)C2O)ccc1O. The van der Waals surface area contributed by atoms with Crippen molar-refractivity contribution >= 4 is 24.1 Å². The van der Waals surface area contributed by atoms with Gasteiger partial charge in [0.25, 0.3) is 0 Å². The lowest BCUT2D eigenvalue weighted by molar-refractivity contribution is -0.327. The number of aliphatic hydroxyl groups is 6. The number of benzene rings is 2. The fourth-order valence-corrected chi connectivity index (χ4v) is 5.12. The number of phenols is 2. The molecule has 2 saturated heterocycles. The zero-order valence-electron chi connectivity index (χ0n) is 27.5. The molecule has 51 heavy (non-hydrogen) atoms. The average molecular weight is 725 g/mol. The van der Waals surface area contributed by atoms with E-state index in [1.54, 1.807) is 0 Å². The van der Waals surface area contributed by atoms with Gasteiger partial charge in [-0.3, -0.25) is 0 Å². The van der Waals surface area contributed by atoms with Crippen molar-refractivity contribution in [2.45, 2.75) is 61.4 Å². The van der Waals surface area contributed by atoms with Gasteiger partial charge in [-0.25, -0.2) is 9.59 Å². The highest BCUT2D eigenvalue weighted by molar-refractivity contribution is 5.88. The molecule has 2 aliphatic heterocycles. The number of rotatable bonds is 13. The average Bonchev–Trinajstić information content (AvgIpc) is 3.12.